The van der Waals surface area contributed by atoms with E-state index in [4.69, 9.17) is 0 Å². The molecule has 0 saturated carbocycles. The highest BCUT2D eigenvalue weighted by atomic mass is 16.5. The molecule has 0 aliphatic carbocycles. The fourth-order valence-electron chi connectivity index (χ4n) is 1.95. The summed E-state index contributed by atoms with van der Waals surface area (Å²) >= 11 is 0. The van der Waals surface area contributed by atoms with Crippen LogP contribution in [0.2, 0.25) is 0 Å². The lowest BCUT2D eigenvalue weighted by Gasteiger charge is -2.19. The Hall–Kier alpha value is -0.980. The van der Waals surface area contributed by atoms with Crippen LogP contribution in [-0.4, -0.2) is 52.4 Å². The zero-order valence-electron chi connectivity index (χ0n) is 9.30. The summed E-state index contributed by atoms with van der Waals surface area (Å²) in [6.07, 6.45) is 3.48. The molecular weight excluding hydrogens is 208 g/mol. The first-order valence-corrected chi connectivity index (χ1v) is 5.71. The zero-order chi connectivity index (χ0) is 11.2. The molecule has 1 aromatic heterocycles. The molecule has 6 nitrogen and oxygen atoms in total. The van der Waals surface area contributed by atoms with E-state index in [1.54, 1.807) is 0 Å². The van der Waals surface area contributed by atoms with Crippen molar-refractivity contribution in [3.8, 4) is 0 Å². The van der Waals surface area contributed by atoms with Crippen LogP contribution in [0.4, 0.5) is 0 Å². The topological polar surface area (TPSA) is 74.4 Å². The van der Waals surface area contributed by atoms with Gasteiger partial charge < -0.3 is 19.8 Å². The van der Waals surface area contributed by atoms with E-state index in [2.05, 4.69) is 24.9 Å². The molecule has 1 saturated heterocycles. The number of rotatable bonds is 6. The number of aromatic nitrogens is 2. The molecule has 1 aromatic rings. The Morgan fingerprint density at radius 2 is 2.31 bits per heavy atom. The van der Waals surface area contributed by atoms with Crippen LogP contribution in [0.15, 0.2) is 10.9 Å². The monoisotopic (exact) mass is 226 g/mol. The average Bonchev–Trinajstić information content (AvgIpc) is 2.90. The van der Waals surface area contributed by atoms with Crippen LogP contribution in [0.25, 0.3) is 0 Å². The number of nitrogens with one attached hydrogen (secondary N) is 1. The van der Waals surface area contributed by atoms with Crippen LogP contribution >= 0.6 is 0 Å². The summed E-state index contributed by atoms with van der Waals surface area (Å²) in [4.78, 5) is 6.18. The maximum absolute atomic E-state index is 9.77. The van der Waals surface area contributed by atoms with E-state index in [0.717, 1.165) is 19.6 Å². The van der Waals surface area contributed by atoms with E-state index in [1.807, 2.05) is 0 Å². The SMILES string of the molecule is OC(CNCc1ncon1)CN1CCCC1. The van der Waals surface area contributed by atoms with Crippen LogP contribution < -0.4 is 5.32 Å². The third-order valence-electron chi connectivity index (χ3n) is 2.74. The normalized spacial score (nSPS) is 19.1. The van der Waals surface area contributed by atoms with Crippen LogP contribution in [0, 0.1) is 0 Å². The molecule has 0 amide bonds. The Kier molecular flexibility index (Phi) is 4.26. The minimum atomic E-state index is -0.329. The van der Waals surface area contributed by atoms with Crippen LogP contribution in [0.5, 0.6) is 0 Å². The van der Waals surface area contributed by atoms with Gasteiger partial charge in [0.25, 0.3) is 0 Å². The zero-order valence-corrected chi connectivity index (χ0v) is 9.30. The molecule has 6 heteroatoms. The van der Waals surface area contributed by atoms with Crippen LogP contribution in [0.1, 0.15) is 18.7 Å². The first-order chi connectivity index (χ1) is 7.84. The molecule has 2 heterocycles. The van der Waals surface area contributed by atoms with E-state index < -0.39 is 0 Å². The highest BCUT2D eigenvalue weighted by Crippen LogP contribution is 2.07. The van der Waals surface area contributed by atoms with Crippen molar-refractivity contribution >= 4 is 0 Å². The summed E-state index contributed by atoms with van der Waals surface area (Å²) in [5.41, 5.74) is 0. The second-order valence-corrected chi connectivity index (χ2v) is 4.14. The Balaban J connectivity index is 1.58. The predicted octanol–water partition coefficient (Wildman–Crippen LogP) is -0.384. The molecule has 16 heavy (non-hydrogen) atoms. The third-order valence-corrected chi connectivity index (χ3v) is 2.74. The van der Waals surface area contributed by atoms with Crippen molar-refractivity contribution in [2.75, 3.05) is 26.2 Å². The summed E-state index contributed by atoms with van der Waals surface area (Å²) in [6.45, 7) is 4.07. The van der Waals surface area contributed by atoms with Gasteiger partial charge in [-0.15, -0.1) is 0 Å². The smallest absolute Gasteiger partial charge is 0.213 e. The standard InChI is InChI=1S/C10H18N4O2/c15-9(7-14-3-1-2-4-14)5-11-6-10-12-8-16-13-10/h8-9,11,15H,1-7H2. The fraction of sp³-hybridized carbons (Fsp3) is 0.800. The number of nitrogens with zero attached hydrogens (tertiary/aromatic N) is 3. The van der Waals surface area contributed by atoms with Gasteiger partial charge in [0.15, 0.2) is 5.82 Å². The molecule has 0 spiro atoms. The maximum Gasteiger partial charge on any atom is 0.213 e. The van der Waals surface area contributed by atoms with E-state index in [-0.39, 0.29) is 6.10 Å². The molecule has 1 atom stereocenters. The van der Waals surface area contributed by atoms with Gasteiger partial charge in [0.05, 0.1) is 12.6 Å². The molecule has 0 bridgehead atoms. The summed E-state index contributed by atoms with van der Waals surface area (Å²) in [6, 6.07) is 0. The van der Waals surface area contributed by atoms with Crippen molar-refractivity contribution in [1.29, 1.82) is 0 Å². The number of hydrogen-bond donors (Lipinski definition) is 2. The Morgan fingerprint density at radius 3 is 3.00 bits per heavy atom. The Morgan fingerprint density at radius 1 is 1.50 bits per heavy atom. The molecule has 0 radical (unpaired) electrons. The van der Waals surface area contributed by atoms with Crippen molar-refractivity contribution in [2.24, 2.45) is 0 Å². The molecule has 2 N–H and O–H groups in total. The lowest BCUT2D eigenvalue weighted by Crippen LogP contribution is -2.36. The molecule has 1 fully saturated rings. The number of β-amino-alcohol motifs (C(OH)–C–C–N with tert-alkyl or cyclic N) is 1. The Labute approximate surface area is 94.6 Å². The van der Waals surface area contributed by atoms with Gasteiger partial charge in [0, 0.05) is 13.1 Å². The van der Waals surface area contributed by atoms with Gasteiger partial charge >= 0.3 is 0 Å². The van der Waals surface area contributed by atoms with Crippen LogP contribution in [0.3, 0.4) is 0 Å². The van der Waals surface area contributed by atoms with E-state index in [0.29, 0.717) is 18.9 Å². The number of aliphatic hydroxyl groups is 1. The summed E-state index contributed by atoms with van der Waals surface area (Å²) < 4.78 is 4.61. The average molecular weight is 226 g/mol. The van der Waals surface area contributed by atoms with Crippen molar-refractivity contribution < 1.29 is 9.63 Å². The highest BCUT2D eigenvalue weighted by molar-refractivity contribution is 4.77. The Bertz CT molecular complexity index is 285. The van der Waals surface area contributed by atoms with Gasteiger partial charge in [-0.05, 0) is 25.9 Å². The van der Waals surface area contributed by atoms with Gasteiger partial charge in [-0.1, -0.05) is 5.16 Å². The van der Waals surface area contributed by atoms with Gasteiger partial charge in [0.1, 0.15) is 0 Å². The maximum atomic E-state index is 9.77. The van der Waals surface area contributed by atoms with Gasteiger partial charge in [-0.2, -0.15) is 4.98 Å². The fourth-order valence-corrected chi connectivity index (χ4v) is 1.95. The lowest BCUT2D eigenvalue weighted by atomic mass is 10.3. The van der Waals surface area contributed by atoms with Crippen molar-refractivity contribution in [3.05, 3.63) is 12.2 Å². The number of aliphatic hydroxyl groups excluding tert-OH is 1. The molecule has 2 rings (SSSR count). The summed E-state index contributed by atoms with van der Waals surface area (Å²) in [5.74, 6) is 0.619. The summed E-state index contributed by atoms with van der Waals surface area (Å²) in [5, 5.41) is 16.5. The van der Waals surface area contributed by atoms with Gasteiger partial charge in [0.2, 0.25) is 6.39 Å². The van der Waals surface area contributed by atoms with E-state index in [9.17, 15) is 5.11 Å². The van der Waals surface area contributed by atoms with E-state index in [1.165, 1.54) is 19.2 Å². The highest BCUT2D eigenvalue weighted by Gasteiger charge is 2.15. The molecule has 90 valence electrons. The first kappa shape index (κ1) is 11.5. The summed E-state index contributed by atoms with van der Waals surface area (Å²) in [7, 11) is 0. The largest absolute Gasteiger partial charge is 0.390 e. The molecule has 0 aromatic carbocycles. The number of likely N-dealkylation sites (tertiary alicyclic amines) is 1. The van der Waals surface area contributed by atoms with E-state index >= 15 is 0 Å². The molecule has 1 unspecified atom stereocenters. The second-order valence-electron chi connectivity index (χ2n) is 4.14. The van der Waals surface area contributed by atoms with Crippen molar-refractivity contribution in [1.82, 2.24) is 20.4 Å². The van der Waals surface area contributed by atoms with Crippen molar-refractivity contribution in [3.63, 3.8) is 0 Å². The predicted molar refractivity (Wildman–Crippen MR) is 57.7 cm³/mol. The van der Waals surface area contributed by atoms with Gasteiger partial charge in [-0.25, -0.2) is 0 Å². The van der Waals surface area contributed by atoms with Crippen LogP contribution in [-0.2, 0) is 6.54 Å². The lowest BCUT2D eigenvalue weighted by molar-refractivity contribution is 0.123. The quantitative estimate of drug-likeness (QED) is 0.688. The van der Waals surface area contributed by atoms with Gasteiger partial charge in [-0.3, -0.25) is 0 Å². The first-order valence-electron chi connectivity index (χ1n) is 5.71. The van der Waals surface area contributed by atoms with Crippen molar-refractivity contribution in [2.45, 2.75) is 25.5 Å². The molecule has 1 aliphatic rings. The molecule has 1 aliphatic heterocycles. The minimum absolute atomic E-state index is 0.329. The minimum Gasteiger partial charge on any atom is -0.390 e. The second kappa shape index (κ2) is 5.93. The number of hydrogen-bond acceptors (Lipinski definition) is 6. The molecular formula is C10H18N4O2. The third kappa shape index (κ3) is 3.55.